The van der Waals surface area contributed by atoms with Gasteiger partial charge in [0.05, 0.1) is 37.6 Å². The number of methoxy groups -OCH3 is 1. The number of nitrogens with zero attached hydrogens (tertiary/aromatic N) is 3. The molecule has 134 valence electrons. The molecule has 1 saturated heterocycles. The number of morpholine rings is 1. The Balaban J connectivity index is 1.94. The molecule has 0 bridgehead atoms. The molecule has 0 atom stereocenters. The van der Waals surface area contributed by atoms with Gasteiger partial charge in [0.15, 0.2) is 18.1 Å². The number of carbonyl (C=O) groups is 1. The van der Waals surface area contributed by atoms with Crippen molar-refractivity contribution in [2.75, 3.05) is 46.6 Å². The standard InChI is InChI=1S/C16H19BrN4O4/c1-23-14-9-12(8-13(17)16(14)25-5-2-18)10-19-20-15(22)11-21-3-6-24-7-4-21/h8-10H,3-7,11H2,1H3,(H,20,22)/b19-10+. The first-order valence-corrected chi connectivity index (χ1v) is 8.42. The highest BCUT2D eigenvalue weighted by Gasteiger charge is 2.14. The molecule has 0 spiro atoms. The maximum atomic E-state index is 11.9. The summed E-state index contributed by atoms with van der Waals surface area (Å²) < 4.78 is 16.5. The summed E-state index contributed by atoms with van der Waals surface area (Å²) in [7, 11) is 1.51. The fourth-order valence-corrected chi connectivity index (χ4v) is 2.81. The molecule has 25 heavy (non-hydrogen) atoms. The molecule has 1 aromatic rings. The van der Waals surface area contributed by atoms with Gasteiger partial charge < -0.3 is 14.2 Å². The zero-order chi connectivity index (χ0) is 18.1. The molecule has 0 unspecified atom stereocenters. The second-order valence-corrected chi connectivity index (χ2v) is 6.02. The average Bonchev–Trinajstić information content (AvgIpc) is 2.61. The Labute approximate surface area is 154 Å². The normalized spacial score (nSPS) is 14.9. The first-order valence-electron chi connectivity index (χ1n) is 7.63. The highest BCUT2D eigenvalue weighted by molar-refractivity contribution is 9.10. The molecule has 0 radical (unpaired) electrons. The Kier molecular flexibility index (Phi) is 7.66. The first-order chi connectivity index (χ1) is 12.1. The minimum atomic E-state index is -0.182. The zero-order valence-electron chi connectivity index (χ0n) is 13.8. The number of nitriles is 1. The van der Waals surface area contributed by atoms with Crippen molar-refractivity contribution in [2.24, 2.45) is 5.10 Å². The number of hydrazone groups is 1. The van der Waals surface area contributed by atoms with E-state index in [0.717, 1.165) is 13.1 Å². The van der Waals surface area contributed by atoms with E-state index in [-0.39, 0.29) is 19.1 Å². The van der Waals surface area contributed by atoms with Crippen LogP contribution in [0, 0.1) is 11.3 Å². The summed E-state index contributed by atoms with van der Waals surface area (Å²) in [6.45, 7) is 2.97. The van der Waals surface area contributed by atoms with Crippen molar-refractivity contribution in [3.05, 3.63) is 22.2 Å². The van der Waals surface area contributed by atoms with Gasteiger partial charge in [-0.25, -0.2) is 5.43 Å². The smallest absolute Gasteiger partial charge is 0.254 e. The number of nitrogens with one attached hydrogen (secondary N) is 1. The second-order valence-electron chi connectivity index (χ2n) is 5.16. The van der Waals surface area contributed by atoms with Crippen LogP contribution in [-0.4, -0.2) is 63.6 Å². The van der Waals surface area contributed by atoms with E-state index in [2.05, 4.69) is 26.5 Å². The summed E-state index contributed by atoms with van der Waals surface area (Å²) in [6, 6.07) is 5.37. The molecule has 8 nitrogen and oxygen atoms in total. The lowest BCUT2D eigenvalue weighted by Gasteiger charge is -2.25. The first kappa shape index (κ1) is 19.2. The number of amides is 1. The predicted molar refractivity (Wildman–Crippen MR) is 94.8 cm³/mol. The number of rotatable bonds is 7. The van der Waals surface area contributed by atoms with Gasteiger partial charge in [-0.2, -0.15) is 10.4 Å². The van der Waals surface area contributed by atoms with Crippen molar-refractivity contribution in [1.82, 2.24) is 10.3 Å². The van der Waals surface area contributed by atoms with E-state index in [1.54, 1.807) is 12.1 Å². The van der Waals surface area contributed by atoms with Crippen LogP contribution in [0.1, 0.15) is 5.56 Å². The van der Waals surface area contributed by atoms with Crippen molar-refractivity contribution >= 4 is 28.1 Å². The van der Waals surface area contributed by atoms with Gasteiger partial charge in [-0.05, 0) is 33.6 Å². The highest BCUT2D eigenvalue weighted by atomic mass is 79.9. The molecule has 0 saturated carbocycles. The molecular weight excluding hydrogens is 392 g/mol. The Bertz CT molecular complexity index is 669. The van der Waals surface area contributed by atoms with Crippen molar-refractivity contribution in [2.45, 2.75) is 0 Å². The SMILES string of the molecule is COc1cc(/C=N/NC(=O)CN2CCOCC2)cc(Br)c1OCC#N. The fraction of sp³-hybridized carbons (Fsp3) is 0.438. The second kappa shape index (κ2) is 9.98. The van der Waals surface area contributed by atoms with Crippen LogP contribution in [0.3, 0.4) is 0 Å². The number of ether oxygens (including phenoxy) is 3. The molecular formula is C16H19BrN4O4. The summed E-state index contributed by atoms with van der Waals surface area (Å²) >= 11 is 3.37. The van der Waals surface area contributed by atoms with E-state index in [0.29, 0.717) is 34.7 Å². The van der Waals surface area contributed by atoms with Crippen LogP contribution in [0.15, 0.2) is 21.7 Å². The topological polar surface area (TPSA) is 96.2 Å². The Hall–Kier alpha value is -2.15. The number of benzene rings is 1. The zero-order valence-corrected chi connectivity index (χ0v) is 15.4. The maximum absolute atomic E-state index is 11.9. The molecule has 9 heteroatoms. The molecule has 1 aromatic carbocycles. The van der Waals surface area contributed by atoms with Crippen LogP contribution in [0.2, 0.25) is 0 Å². The van der Waals surface area contributed by atoms with Crippen molar-refractivity contribution in [3.63, 3.8) is 0 Å². The van der Waals surface area contributed by atoms with E-state index >= 15 is 0 Å². The van der Waals surface area contributed by atoms with E-state index < -0.39 is 0 Å². The van der Waals surface area contributed by atoms with Crippen molar-refractivity contribution in [1.29, 1.82) is 5.26 Å². The fourth-order valence-electron chi connectivity index (χ4n) is 2.24. The lowest BCUT2D eigenvalue weighted by atomic mass is 10.2. The van der Waals surface area contributed by atoms with Gasteiger partial charge in [-0.3, -0.25) is 9.69 Å². The van der Waals surface area contributed by atoms with Gasteiger partial charge in [0.25, 0.3) is 5.91 Å². The molecule has 1 fully saturated rings. The van der Waals surface area contributed by atoms with Crippen molar-refractivity contribution in [3.8, 4) is 17.6 Å². The van der Waals surface area contributed by atoms with E-state index in [1.807, 2.05) is 11.0 Å². The highest BCUT2D eigenvalue weighted by Crippen LogP contribution is 2.36. The number of hydrogen-bond donors (Lipinski definition) is 1. The van der Waals surface area contributed by atoms with Crippen LogP contribution < -0.4 is 14.9 Å². The lowest BCUT2D eigenvalue weighted by molar-refractivity contribution is -0.123. The summed E-state index contributed by atoms with van der Waals surface area (Å²) in [5, 5.41) is 12.6. The van der Waals surface area contributed by atoms with Gasteiger partial charge in [0.1, 0.15) is 6.07 Å². The van der Waals surface area contributed by atoms with Crippen LogP contribution in [0.5, 0.6) is 11.5 Å². The summed E-state index contributed by atoms with van der Waals surface area (Å²) in [4.78, 5) is 13.9. The summed E-state index contributed by atoms with van der Waals surface area (Å²) in [5.41, 5.74) is 3.21. The van der Waals surface area contributed by atoms with Crippen LogP contribution in [-0.2, 0) is 9.53 Å². The molecule has 1 heterocycles. The van der Waals surface area contributed by atoms with Gasteiger partial charge in [0.2, 0.25) is 0 Å². The maximum Gasteiger partial charge on any atom is 0.254 e. The Morgan fingerprint density at radius 1 is 1.52 bits per heavy atom. The monoisotopic (exact) mass is 410 g/mol. The van der Waals surface area contributed by atoms with E-state index in [4.69, 9.17) is 19.5 Å². The van der Waals surface area contributed by atoms with E-state index in [1.165, 1.54) is 13.3 Å². The van der Waals surface area contributed by atoms with Crippen LogP contribution >= 0.6 is 15.9 Å². The Morgan fingerprint density at radius 2 is 2.28 bits per heavy atom. The third-order valence-electron chi connectivity index (χ3n) is 3.41. The summed E-state index contributed by atoms with van der Waals surface area (Å²) in [6.07, 6.45) is 1.51. The predicted octanol–water partition coefficient (Wildman–Crippen LogP) is 1.14. The lowest BCUT2D eigenvalue weighted by Crippen LogP contribution is -2.42. The average molecular weight is 411 g/mol. The molecule has 0 aromatic heterocycles. The number of carbonyl (C=O) groups excluding carboxylic acids is 1. The van der Waals surface area contributed by atoms with Gasteiger partial charge in [-0.1, -0.05) is 0 Å². The number of halogens is 1. The molecule has 1 amide bonds. The van der Waals surface area contributed by atoms with Gasteiger partial charge in [-0.15, -0.1) is 0 Å². The van der Waals surface area contributed by atoms with Crippen LogP contribution in [0.4, 0.5) is 0 Å². The van der Waals surface area contributed by atoms with Crippen LogP contribution in [0.25, 0.3) is 0 Å². The molecule has 1 aliphatic rings. The van der Waals surface area contributed by atoms with Gasteiger partial charge >= 0.3 is 0 Å². The summed E-state index contributed by atoms with van der Waals surface area (Å²) in [5.74, 6) is 0.724. The minimum absolute atomic E-state index is 0.0833. The molecule has 1 aliphatic heterocycles. The number of hydrogen-bond acceptors (Lipinski definition) is 7. The molecule has 2 rings (SSSR count). The van der Waals surface area contributed by atoms with Gasteiger partial charge in [0, 0.05) is 13.1 Å². The molecule has 0 aliphatic carbocycles. The van der Waals surface area contributed by atoms with E-state index in [9.17, 15) is 4.79 Å². The van der Waals surface area contributed by atoms with Crippen molar-refractivity contribution < 1.29 is 19.0 Å². The minimum Gasteiger partial charge on any atom is -0.493 e. The third-order valence-corrected chi connectivity index (χ3v) is 4.00. The quantitative estimate of drug-likeness (QED) is 0.534. The molecule has 1 N–H and O–H groups in total. The largest absolute Gasteiger partial charge is 0.493 e. The third kappa shape index (κ3) is 6.01. The Morgan fingerprint density at radius 3 is 2.96 bits per heavy atom.